The van der Waals surface area contributed by atoms with Gasteiger partial charge in [-0.15, -0.1) is 0 Å². The SMILES string of the molecule is Cc1cnc(C(=O)Nc2ccc(Nc3nc(C)cc(N4CCOCC4)n3)cc2)cn1. The number of carbonyl (C=O) groups is 1. The summed E-state index contributed by atoms with van der Waals surface area (Å²) in [6.45, 7) is 6.80. The molecule has 0 aliphatic carbocycles. The Morgan fingerprint density at radius 3 is 2.40 bits per heavy atom. The van der Waals surface area contributed by atoms with Crippen LogP contribution in [0.25, 0.3) is 0 Å². The number of carbonyl (C=O) groups excluding carboxylic acids is 1. The molecule has 0 bridgehead atoms. The molecule has 4 rings (SSSR count). The number of nitrogens with zero attached hydrogens (tertiary/aromatic N) is 5. The zero-order chi connectivity index (χ0) is 20.9. The van der Waals surface area contributed by atoms with Crippen LogP contribution in [0.15, 0.2) is 42.7 Å². The minimum atomic E-state index is -0.305. The molecular weight excluding hydrogens is 382 g/mol. The second-order valence-corrected chi connectivity index (χ2v) is 6.99. The second-order valence-electron chi connectivity index (χ2n) is 6.99. The van der Waals surface area contributed by atoms with Gasteiger partial charge in [-0.2, -0.15) is 4.98 Å². The molecule has 9 heteroatoms. The van der Waals surface area contributed by atoms with Crippen molar-refractivity contribution in [3.05, 3.63) is 59.8 Å². The molecule has 30 heavy (non-hydrogen) atoms. The monoisotopic (exact) mass is 405 g/mol. The maximum Gasteiger partial charge on any atom is 0.275 e. The lowest BCUT2D eigenvalue weighted by Crippen LogP contribution is -2.36. The number of ether oxygens (including phenoxy) is 1. The van der Waals surface area contributed by atoms with E-state index < -0.39 is 0 Å². The fourth-order valence-corrected chi connectivity index (χ4v) is 3.03. The molecule has 0 unspecified atom stereocenters. The standard InChI is InChI=1S/C21H23N7O2/c1-14-11-19(28-7-9-30-10-8-28)27-21(24-14)26-17-5-3-16(4-6-17)25-20(29)18-13-22-15(2)12-23-18/h3-6,11-13H,7-10H2,1-2H3,(H,25,29)(H,24,26,27). The first-order chi connectivity index (χ1) is 14.6. The Balaban J connectivity index is 1.42. The molecule has 3 heterocycles. The van der Waals surface area contributed by atoms with Crippen LogP contribution < -0.4 is 15.5 Å². The van der Waals surface area contributed by atoms with E-state index in [1.807, 2.05) is 32.0 Å². The largest absolute Gasteiger partial charge is 0.378 e. The Morgan fingerprint density at radius 1 is 0.967 bits per heavy atom. The van der Waals surface area contributed by atoms with Crippen molar-refractivity contribution in [2.24, 2.45) is 0 Å². The maximum atomic E-state index is 12.3. The van der Waals surface area contributed by atoms with Crippen LogP contribution in [0.4, 0.5) is 23.1 Å². The molecule has 1 aliphatic rings. The molecule has 0 spiro atoms. The zero-order valence-corrected chi connectivity index (χ0v) is 16.9. The van der Waals surface area contributed by atoms with Gasteiger partial charge >= 0.3 is 0 Å². The molecule has 9 nitrogen and oxygen atoms in total. The van der Waals surface area contributed by atoms with E-state index in [1.54, 1.807) is 18.3 Å². The van der Waals surface area contributed by atoms with Crippen molar-refractivity contribution in [2.45, 2.75) is 13.8 Å². The maximum absolute atomic E-state index is 12.3. The summed E-state index contributed by atoms with van der Waals surface area (Å²) in [5, 5.41) is 6.04. The van der Waals surface area contributed by atoms with Crippen molar-refractivity contribution in [2.75, 3.05) is 41.8 Å². The Kier molecular flexibility index (Phi) is 5.80. The molecule has 0 saturated carbocycles. The average molecular weight is 405 g/mol. The lowest BCUT2D eigenvalue weighted by molar-refractivity contribution is 0.102. The van der Waals surface area contributed by atoms with Crippen molar-refractivity contribution in [1.82, 2.24) is 19.9 Å². The summed E-state index contributed by atoms with van der Waals surface area (Å²) in [5.41, 5.74) is 3.40. The van der Waals surface area contributed by atoms with Crippen molar-refractivity contribution < 1.29 is 9.53 Å². The number of amides is 1. The Morgan fingerprint density at radius 2 is 1.70 bits per heavy atom. The van der Waals surface area contributed by atoms with Gasteiger partial charge in [0.05, 0.1) is 25.1 Å². The smallest absolute Gasteiger partial charge is 0.275 e. The molecular formula is C21H23N7O2. The second kappa shape index (κ2) is 8.83. The third kappa shape index (κ3) is 4.87. The summed E-state index contributed by atoms with van der Waals surface area (Å²) in [6, 6.07) is 9.30. The number of rotatable bonds is 5. The van der Waals surface area contributed by atoms with E-state index in [2.05, 4.69) is 35.5 Å². The number of hydrogen-bond acceptors (Lipinski definition) is 8. The van der Waals surface area contributed by atoms with Crippen LogP contribution in [0.2, 0.25) is 0 Å². The van der Waals surface area contributed by atoms with Gasteiger partial charge in [-0.05, 0) is 38.1 Å². The molecule has 2 aromatic heterocycles. The van der Waals surface area contributed by atoms with Gasteiger partial charge in [-0.3, -0.25) is 9.78 Å². The van der Waals surface area contributed by atoms with E-state index in [0.717, 1.165) is 36.0 Å². The molecule has 2 N–H and O–H groups in total. The summed E-state index contributed by atoms with van der Waals surface area (Å²) in [7, 11) is 0. The van der Waals surface area contributed by atoms with Crippen molar-refractivity contribution in [3.8, 4) is 0 Å². The van der Waals surface area contributed by atoms with Crippen LogP contribution in [0.1, 0.15) is 21.9 Å². The van der Waals surface area contributed by atoms with Crippen LogP contribution in [-0.4, -0.2) is 52.1 Å². The number of aryl methyl sites for hydroxylation is 2. The van der Waals surface area contributed by atoms with E-state index in [1.165, 1.54) is 6.20 Å². The third-order valence-corrected chi connectivity index (χ3v) is 4.59. The average Bonchev–Trinajstić information content (AvgIpc) is 2.76. The minimum absolute atomic E-state index is 0.270. The van der Waals surface area contributed by atoms with Gasteiger partial charge in [-0.25, -0.2) is 9.97 Å². The van der Waals surface area contributed by atoms with E-state index in [-0.39, 0.29) is 11.6 Å². The molecule has 1 saturated heterocycles. The first-order valence-corrected chi connectivity index (χ1v) is 9.72. The lowest BCUT2D eigenvalue weighted by atomic mass is 10.2. The Bertz CT molecular complexity index is 1020. The first kappa shape index (κ1) is 19.7. The van der Waals surface area contributed by atoms with Crippen LogP contribution in [0, 0.1) is 13.8 Å². The van der Waals surface area contributed by atoms with Crippen LogP contribution in [-0.2, 0) is 4.74 Å². The van der Waals surface area contributed by atoms with E-state index >= 15 is 0 Å². The molecule has 154 valence electrons. The number of hydrogen-bond donors (Lipinski definition) is 2. The van der Waals surface area contributed by atoms with Crippen LogP contribution in [0.3, 0.4) is 0 Å². The van der Waals surface area contributed by atoms with Gasteiger partial charge in [0.15, 0.2) is 0 Å². The number of anilines is 4. The van der Waals surface area contributed by atoms with Gasteiger partial charge in [0.1, 0.15) is 11.5 Å². The molecule has 0 radical (unpaired) electrons. The number of aromatic nitrogens is 4. The lowest BCUT2D eigenvalue weighted by Gasteiger charge is -2.28. The van der Waals surface area contributed by atoms with Gasteiger partial charge in [0.25, 0.3) is 5.91 Å². The topological polar surface area (TPSA) is 105 Å². The highest BCUT2D eigenvalue weighted by molar-refractivity contribution is 6.02. The molecule has 0 atom stereocenters. The summed E-state index contributed by atoms with van der Waals surface area (Å²) in [5.74, 6) is 1.11. The van der Waals surface area contributed by atoms with E-state index in [0.29, 0.717) is 24.8 Å². The Labute approximate surface area is 174 Å². The van der Waals surface area contributed by atoms with Gasteiger partial charge in [0, 0.05) is 42.4 Å². The quantitative estimate of drug-likeness (QED) is 0.668. The molecule has 1 amide bonds. The van der Waals surface area contributed by atoms with Gasteiger partial charge in [-0.1, -0.05) is 0 Å². The molecule has 1 fully saturated rings. The summed E-state index contributed by atoms with van der Waals surface area (Å²) in [6.07, 6.45) is 3.02. The van der Waals surface area contributed by atoms with Gasteiger partial charge in [0.2, 0.25) is 5.95 Å². The molecule has 3 aromatic rings. The Hall–Kier alpha value is -3.59. The zero-order valence-electron chi connectivity index (χ0n) is 16.9. The van der Waals surface area contributed by atoms with Crippen molar-refractivity contribution >= 4 is 29.0 Å². The summed E-state index contributed by atoms with van der Waals surface area (Å²) >= 11 is 0. The van der Waals surface area contributed by atoms with Crippen LogP contribution in [0.5, 0.6) is 0 Å². The highest BCUT2D eigenvalue weighted by atomic mass is 16.5. The van der Waals surface area contributed by atoms with Crippen molar-refractivity contribution in [3.63, 3.8) is 0 Å². The predicted molar refractivity (Wildman–Crippen MR) is 114 cm³/mol. The number of benzene rings is 1. The minimum Gasteiger partial charge on any atom is -0.378 e. The van der Waals surface area contributed by atoms with E-state index in [9.17, 15) is 4.79 Å². The highest BCUT2D eigenvalue weighted by Crippen LogP contribution is 2.21. The summed E-state index contributed by atoms with van der Waals surface area (Å²) < 4.78 is 5.41. The number of morpholine rings is 1. The first-order valence-electron chi connectivity index (χ1n) is 9.72. The fraction of sp³-hybridized carbons (Fsp3) is 0.286. The molecule has 1 aromatic carbocycles. The number of nitrogens with one attached hydrogen (secondary N) is 2. The van der Waals surface area contributed by atoms with E-state index in [4.69, 9.17) is 4.74 Å². The van der Waals surface area contributed by atoms with Gasteiger partial charge < -0.3 is 20.3 Å². The van der Waals surface area contributed by atoms with Crippen LogP contribution >= 0.6 is 0 Å². The molecule has 1 aliphatic heterocycles. The third-order valence-electron chi connectivity index (χ3n) is 4.59. The normalized spacial score (nSPS) is 13.7. The summed E-state index contributed by atoms with van der Waals surface area (Å²) in [4.78, 5) is 31.7. The predicted octanol–water partition coefficient (Wildman–Crippen LogP) is 2.72. The highest BCUT2D eigenvalue weighted by Gasteiger charge is 2.14. The fourth-order valence-electron chi connectivity index (χ4n) is 3.03. The van der Waals surface area contributed by atoms with Crippen molar-refractivity contribution in [1.29, 1.82) is 0 Å².